The SMILES string of the molecule is CC(C)(O)C(C)(C)Nc1ccc([N+](=O)[O-])c2ncccc12. The highest BCUT2D eigenvalue weighted by atomic mass is 16.6. The highest BCUT2D eigenvalue weighted by Crippen LogP contribution is 2.33. The van der Waals surface area contributed by atoms with Crippen LogP contribution in [0.15, 0.2) is 30.5 Å². The molecule has 0 saturated carbocycles. The zero-order valence-corrected chi connectivity index (χ0v) is 12.5. The van der Waals surface area contributed by atoms with Crippen LogP contribution in [-0.2, 0) is 0 Å². The Bertz CT molecular complexity index is 690. The summed E-state index contributed by atoms with van der Waals surface area (Å²) in [6.45, 7) is 7.17. The molecule has 0 spiro atoms. The highest BCUT2D eigenvalue weighted by molar-refractivity contribution is 5.97. The molecule has 0 aliphatic heterocycles. The quantitative estimate of drug-likeness (QED) is 0.667. The van der Waals surface area contributed by atoms with Crippen molar-refractivity contribution in [1.29, 1.82) is 0 Å². The van der Waals surface area contributed by atoms with Crippen LogP contribution in [0.5, 0.6) is 0 Å². The molecule has 1 heterocycles. The lowest BCUT2D eigenvalue weighted by atomic mass is 9.85. The third-order valence-electron chi connectivity index (χ3n) is 3.92. The molecule has 2 N–H and O–H groups in total. The van der Waals surface area contributed by atoms with Crippen molar-refractivity contribution in [3.63, 3.8) is 0 Å². The van der Waals surface area contributed by atoms with Gasteiger partial charge in [0.05, 0.1) is 16.1 Å². The van der Waals surface area contributed by atoms with Crippen LogP contribution in [0.4, 0.5) is 11.4 Å². The molecule has 0 saturated heterocycles. The summed E-state index contributed by atoms with van der Waals surface area (Å²) in [5, 5.41) is 25.2. The molecule has 0 aliphatic rings. The van der Waals surface area contributed by atoms with E-state index in [0.29, 0.717) is 16.6 Å². The molecule has 0 bridgehead atoms. The van der Waals surface area contributed by atoms with Gasteiger partial charge in [0.2, 0.25) is 0 Å². The van der Waals surface area contributed by atoms with Gasteiger partial charge in [-0.1, -0.05) is 0 Å². The Morgan fingerprint density at radius 2 is 1.90 bits per heavy atom. The average molecular weight is 289 g/mol. The van der Waals surface area contributed by atoms with E-state index in [1.807, 2.05) is 13.8 Å². The predicted octanol–water partition coefficient (Wildman–Crippen LogP) is 3.10. The Kier molecular flexibility index (Phi) is 3.59. The first kappa shape index (κ1) is 15.2. The summed E-state index contributed by atoms with van der Waals surface area (Å²) in [5.74, 6) is 0. The average Bonchev–Trinajstić information content (AvgIpc) is 2.37. The van der Waals surface area contributed by atoms with Gasteiger partial charge >= 0.3 is 0 Å². The summed E-state index contributed by atoms with van der Waals surface area (Å²) in [5.41, 5.74) is -0.582. The van der Waals surface area contributed by atoms with Crippen molar-refractivity contribution in [3.8, 4) is 0 Å². The number of nitrogens with zero attached hydrogens (tertiary/aromatic N) is 2. The minimum absolute atomic E-state index is 0.0304. The van der Waals surface area contributed by atoms with E-state index in [1.54, 1.807) is 32.0 Å². The van der Waals surface area contributed by atoms with Gasteiger partial charge in [-0.05, 0) is 45.9 Å². The summed E-state index contributed by atoms with van der Waals surface area (Å²) < 4.78 is 0. The van der Waals surface area contributed by atoms with E-state index in [4.69, 9.17) is 0 Å². The molecule has 0 aliphatic carbocycles. The van der Waals surface area contributed by atoms with Crippen molar-refractivity contribution in [2.45, 2.75) is 38.8 Å². The molecule has 6 heteroatoms. The zero-order chi connectivity index (χ0) is 15.8. The number of hydrogen-bond donors (Lipinski definition) is 2. The smallest absolute Gasteiger partial charge is 0.295 e. The summed E-state index contributed by atoms with van der Waals surface area (Å²) in [6, 6.07) is 6.58. The van der Waals surface area contributed by atoms with Crippen molar-refractivity contribution >= 4 is 22.3 Å². The van der Waals surface area contributed by atoms with Crippen LogP contribution in [0.3, 0.4) is 0 Å². The second-order valence-electron chi connectivity index (χ2n) is 6.10. The first-order chi connectivity index (χ1) is 9.63. The van der Waals surface area contributed by atoms with Gasteiger partial charge in [0.25, 0.3) is 5.69 Å². The van der Waals surface area contributed by atoms with Gasteiger partial charge < -0.3 is 10.4 Å². The van der Waals surface area contributed by atoms with E-state index in [1.165, 1.54) is 12.3 Å². The maximum absolute atomic E-state index is 11.1. The molecule has 1 aromatic heterocycles. The van der Waals surface area contributed by atoms with Gasteiger partial charge in [0.15, 0.2) is 0 Å². The summed E-state index contributed by atoms with van der Waals surface area (Å²) in [7, 11) is 0. The number of aliphatic hydroxyl groups is 1. The Hall–Kier alpha value is -2.21. The Morgan fingerprint density at radius 1 is 1.24 bits per heavy atom. The predicted molar refractivity (Wildman–Crippen MR) is 82.4 cm³/mol. The summed E-state index contributed by atoms with van der Waals surface area (Å²) >= 11 is 0. The zero-order valence-electron chi connectivity index (χ0n) is 12.5. The lowest BCUT2D eigenvalue weighted by Gasteiger charge is -2.39. The number of aromatic nitrogens is 1. The van der Waals surface area contributed by atoms with Gasteiger partial charge in [0, 0.05) is 23.3 Å². The number of benzene rings is 1. The minimum atomic E-state index is -0.969. The molecular formula is C15H19N3O3. The highest BCUT2D eigenvalue weighted by Gasteiger charge is 2.35. The van der Waals surface area contributed by atoms with E-state index in [9.17, 15) is 15.2 Å². The summed E-state index contributed by atoms with van der Waals surface area (Å²) in [6.07, 6.45) is 1.53. The first-order valence-electron chi connectivity index (χ1n) is 6.66. The maximum atomic E-state index is 11.1. The van der Waals surface area contributed by atoms with Crippen molar-refractivity contribution < 1.29 is 10.0 Å². The molecule has 112 valence electrons. The third-order valence-corrected chi connectivity index (χ3v) is 3.92. The van der Waals surface area contributed by atoms with Crippen molar-refractivity contribution in [3.05, 3.63) is 40.6 Å². The second-order valence-corrected chi connectivity index (χ2v) is 6.10. The molecular weight excluding hydrogens is 270 g/mol. The molecule has 2 aromatic rings. The molecule has 0 atom stereocenters. The normalized spacial score (nSPS) is 12.4. The van der Waals surface area contributed by atoms with Crippen LogP contribution in [0.2, 0.25) is 0 Å². The largest absolute Gasteiger partial charge is 0.388 e. The molecule has 0 amide bonds. The third kappa shape index (κ3) is 2.80. The Labute approximate surface area is 123 Å². The number of anilines is 1. The molecule has 0 radical (unpaired) electrons. The van der Waals surface area contributed by atoms with E-state index in [-0.39, 0.29) is 5.69 Å². The molecule has 2 rings (SSSR count). The van der Waals surface area contributed by atoms with Crippen LogP contribution < -0.4 is 5.32 Å². The van der Waals surface area contributed by atoms with Crippen molar-refractivity contribution in [1.82, 2.24) is 4.98 Å². The van der Waals surface area contributed by atoms with E-state index in [0.717, 1.165) is 0 Å². The number of fused-ring (bicyclic) bond motifs is 1. The van der Waals surface area contributed by atoms with Crippen LogP contribution in [-0.4, -0.2) is 26.2 Å². The number of nitrogens with one attached hydrogen (secondary N) is 1. The van der Waals surface area contributed by atoms with Crippen LogP contribution >= 0.6 is 0 Å². The van der Waals surface area contributed by atoms with Crippen LogP contribution in [0.25, 0.3) is 10.9 Å². The summed E-state index contributed by atoms with van der Waals surface area (Å²) in [4.78, 5) is 14.7. The number of hydrogen-bond acceptors (Lipinski definition) is 5. The fraction of sp³-hybridized carbons (Fsp3) is 0.400. The minimum Gasteiger partial charge on any atom is -0.388 e. The number of nitro benzene ring substituents is 1. The molecule has 0 unspecified atom stereocenters. The lowest BCUT2D eigenvalue weighted by molar-refractivity contribution is -0.383. The molecule has 6 nitrogen and oxygen atoms in total. The van der Waals surface area contributed by atoms with E-state index in [2.05, 4.69) is 10.3 Å². The molecule has 0 fully saturated rings. The number of nitro groups is 1. The van der Waals surface area contributed by atoms with E-state index >= 15 is 0 Å². The molecule has 1 aromatic carbocycles. The fourth-order valence-corrected chi connectivity index (χ4v) is 1.90. The van der Waals surface area contributed by atoms with Crippen LogP contribution in [0, 0.1) is 10.1 Å². The van der Waals surface area contributed by atoms with Crippen LogP contribution in [0.1, 0.15) is 27.7 Å². The molecule has 21 heavy (non-hydrogen) atoms. The van der Waals surface area contributed by atoms with Crippen molar-refractivity contribution in [2.24, 2.45) is 0 Å². The van der Waals surface area contributed by atoms with Gasteiger partial charge in [-0.2, -0.15) is 0 Å². The lowest BCUT2D eigenvalue weighted by Crippen LogP contribution is -2.51. The standard InChI is InChI=1S/C15H19N3O3/c1-14(2,15(3,4)19)17-11-7-8-12(18(20)21)13-10(11)6-5-9-16-13/h5-9,17,19H,1-4H3. The maximum Gasteiger partial charge on any atom is 0.295 e. The number of rotatable bonds is 4. The Balaban J connectivity index is 2.57. The van der Waals surface area contributed by atoms with Gasteiger partial charge in [-0.25, -0.2) is 4.98 Å². The van der Waals surface area contributed by atoms with Gasteiger partial charge in [-0.15, -0.1) is 0 Å². The topological polar surface area (TPSA) is 88.3 Å². The monoisotopic (exact) mass is 289 g/mol. The Morgan fingerprint density at radius 3 is 2.48 bits per heavy atom. The van der Waals surface area contributed by atoms with Crippen molar-refractivity contribution in [2.75, 3.05) is 5.32 Å². The van der Waals surface area contributed by atoms with Gasteiger partial charge in [-0.3, -0.25) is 10.1 Å². The van der Waals surface area contributed by atoms with E-state index < -0.39 is 16.1 Å². The van der Waals surface area contributed by atoms with Gasteiger partial charge in [0.1, 0.15) is 5.52 Å². The number of pyridine rings is 1. The second kappa shape index (κ2) is 4.96. The fourth-order valence-electron chi connectivity index (χ4n) is 1.90. The first-order valence-corrected chi connectivity index (χ1v) is 6.66. The number of non-ortho nitro benzene ring substituents is 1.